The molecule has 2 aliphatic heterocycles. The van der Waals surface area contributed by atoms with Gasteiger partial charge in [0.05, 0.1) is 12.8 Å². The molecule has 3 aromatic rings. The molecular weight excluding hydrogens is 508 g/mol. The highest BCUT2D eigenvalue weighted by Crippen LogP contribution is 2.33. The molecule has 3 heterocycles. The van der Waals surface area contributed by atoms with Crippen molar-refractivity contribution in [2.75, 3.05) is 31.6 Å². The minimum Gasteiger partial charge on any atom is -0.493 e. The summed E-state index contributed by atoms with van der Waals surface area (Å²) >= 11 is 0. The van der Waals surface area contributed by atoms with Crippen molar-refractivity contribution < 1.29 is 27.8 Å². The lowest BCUT2D eigenvalue weighted by Gasteiger charge is -2.24. The maximum absolute atomic E-state index is 15.0. The zero-order chi connectivity index (χ0) is 27.8. The molecule has 206 valence electrons. The zero-order valence-electron chi connectivity index (χ0n) is 21.9. The van der Waals surface area contributed by atoms with Crippen molar-refractivity contribution in [1.82, 2.24) is 20.6 Å². The van der Waals surface area contributed by atoms with E-state index in [9.17, 15) is 14.0 Å². The lowest BCUT2D eigenvalue weighted by Crippen LogP contribution is -2.33. The van der Waals surface area contributed by atoms with Crippen LogP contribution in [0.2, 0.25) is 0 Å². The second-order valence-corrected chi connectivity index (χ2v) is 9.05. The lowest BCUT2D eigenvalue weighted by molar-refractivity contribution is -0.121. The van der Waals surface area contributed by atoms with Gasteiger partial charge in [-0.05, 0) is 55.2 Å². The van der Waals surface area contributed by atoms with Crippen LogP contribution in [0.5, 0.6) is 17.2 Å². The van der Waals surface area contributed by atoms with Crippen LogP contribution in [0, 0.1) is 11.6 Å². The summed E-state index contributed by atoms with van der Waals surface area (Å²) < 4.78 is 40.6. The van der Waals surface area contributed by atoms with Gasteiger partial charge >= 0.3 is 0 Å². The Kier molecular flexibility index (Phi) is 9.24. The fraction of sp³-hybridized carbons (Fsp3) is 0.357. The molecule has 0 saturated carbocycles. The minimum atomic E-state index is -0.525. The van der Waals surface area contributed by atoms with Gasteiger partial charge in [-0.1, -0.05) is 6.92 Å². The van der Waals surface area contributed by atoms with E-state index in [2.05, 4.69) is 20.6 Å². The van der Waals surface area contributed by atoms with Gasteiger partial charge < -0.3 is 25.0 Å². The molecule has 0 spiro atoms. The first-order chi connectivity index (χ1) is 18.9. The number of amides is 2. The number of ether oxygens (including phenoxy) is 2. The smallest absolute Gasteiger partial charge is 0.251 e. The number of methoxy groups -OCH3 is 1. The number of halogens is 2. The molecule has 0 unspecified atom stereocenters. The Hall–Kier alpha value is -4.28. The fourth-order valence-electron chi connectivity index (χ4n) is 4.28. The molecule has 0 aliphatic carbocycles. The van der Waals surface area contributed by atoms with E-state index in [1.165, 1.54) is 31.6 Å². The Morgan fingerprint density at radius 3 is 2.67 bits per heavy atom. The van der Waals surface area contributed by atoms with Gasteiger partial charge in [-0.15, -0.1) is 0 Å². The zero-order valence-corrected chi connectivity index (χ0v) is 21.9. The van der Waals surface area contributed by atoms with E-state index in [0.717, 1.165) is 0 Å². The summed E-state index contributed by atoms with van der Waals surface area (Å²) in [7, 11) is 1.44. The fourth-order valence-corrected chi connectivity index (χ4v) is 4.28. The third-order valence-corrected chi connectivity index (χ3v) is 6.27. The van der Waals surface area contributed by atoms with Crippen molar-refractivity contribution in [3.8, 4) is 17.2 Å². The number of nitrogens with one attached hydrogen (secondary N) is 2. The number of benzene rings is 2. The number of carbonyl (C=O) groups is 2. The van der Waals surface area contributed by atoms with Crippen LogP contribution < -0.4 is 25.0 Å². The van der Waals surface area contributed by atoms with Gasteiger partial charge in [0.15, 0.2) is 23.1 Å². The summed E-state index contributed by atoms with van der Waals surface area (Å²) in [5.74, 6) is -0.556. The number of anilines is 1. The monoisotopic (exact) mass is 539 g/mol. The summed E-state index contributed by atoms with van der Waals surface area (Å²) in [5.41, 5.74) is 1.19. The van der Waals surface area contributed by atoms with E-state index in [4.69, 9.17) is 9.47 Å². The Balaban J connectivity index is 1.59. The number of aromatic nitrogens is 2. The Labute approximate surface area is 225 Å². The Morgan fingerprint density at radius 1 is 1.05 bits per heavy atom. The minimum absolute atomic E-state index is 0.104. The van der Waals surface area contributed by atoms with Crippen LogP contribution in [0.1, 0.15) is 47.8 Å². The van der Waals surface area contributed by atoms with Gasteiger partial charge in [-0.2, -0.15) is 0 Å². The van der Waals surface area contributed by atoms with Gasteiger partial charge in [0, 0.05) is 44.2 Å². The summed E-state index contributed by atoms with van der Waals surface area (Å²) in [6, 6.07) is 8.85. The van der Waals surface area contributed by atoms with Gasteiger partial charge in [0.25, 0.3) is 5.91 Å². The molecule has 0 saturated heterocycles. The number of hydrogen-bond acceptors (Lipinski definition) is 7. The summed E-state index contributed by atoms with van der Waals surface area (Å²) in [5, 5.41) is 5.66. The molecule has 0 atom stereocenters. The highest BCUT2D eigenvalue weighted by atomic mass is 19.1. The van der Waals surface area contributed by atoms with E-state index in [-0.39, 0.29) is 36.3 Å². The standard InChI is InChI=1S/C28H31F2N5O4/c1-3-22-26(30)27(34-17-33-22)35-10-4-6-25(36)32-16-18-12-20(29)15-21(13-18)39-23-8-7-19(14-24(23)38-2)28(37)31-9-5-11-35/h7-8,12-15,17H,3-6,9-11,16H2,1-2H3,(H,31,37)(H,32,36). The number of fused-ring (bicyclic) bond motifs is 13. The third-order valence-electron chi connectivity index (χ3n) is 6.27. The van der Waals surface area contributed by atoms with Gasteiger partial charge in [0.1, 0.15) is 17.9 Å². The predicted molar refractivity (Wildman–Crippen MR) is 141 cm³/mol. The molecule has 1 aromatic heterocycles. The maximum atomic E-state index is 15.0. The van der Waals surface area contributed by atoms with E-state index >= 15 is 4.39 Å². The molecule has 2 aromatic carbocycles. The highest BCUT2D eigenvalue weighted by molar-refractivity contribution is 5.94. The molecule has 39 heavy (non-hydrogen) atoms. The number of aryl methyl sites for hydroxylation is 1. The largest absolute Gasteiger partial charge is 0.493 e. The number of carbonyl (C=O) groups excluding carboxylic acids is 2. The van der Waals surface area contributed by atoms with E-state index in [1.807, 2.05) is 6.92 Å². The average Bonchev–Trinajstić information content (AvgIpc) is 2.92. The SMILES string of the molecule is CCc1ncnc(N2CCCNC(=O)c3ccc(c(OC)c3)Oc3cc(F)cc(c3)CNC(=O)CCC2)c1F. The quantitative estimate of drug-likeness (QED) is 0.515. The van der Waals surface area contributed by atoms with E-state index in [1.54, 1.807) is 23.1 Å². The molecule has 2 amide bonds. The number of nitrogens with zero attached hydrogens (tertiary/aromatic N) is 3. The molecule has 2 N–H and O–H groups in total. The molecule has 9 nitrogen and oxygen atoms in total. The first-order valence-corrected chi connectivity index (χ1v) is 12.8. The van der Waals surface area contributed by atoms with Crippen molar-refractivity contribution in [3.05, 3.63) is 71.2 Å². The van der Waals surface area contributed by atoms with Gasteiger partial charge in [-0.25, -0.2) is 18.7 Å². The second-order valence-electron chi connectivity index (χ2n) is 9.05. The summed E-state index contributed by atoms with van der Waals surface area (Å²) in [4.78, 5) is 35.2. The first kappa shape index (κ1) is 27.7. The Bertz CT molecular complexity index is 1340. The molecule has 4 bridgehead atoms. The molecule has 5 rings (SSSR count). The highest BCUT2D eigenvalue weighted by Gasteiger charge is 2.18. The summed E-state index contributed by atoms with van der Waals surface area (Å²) in [6.45, 7) is 3.02. The van der Waals surface area contributed by atoms with Crippen LogP contribution in [0.3, 0.4) is 0 Å². The molecule has 0 radical (unpaired) electrons. The van der Waals surface area contributed by atoms with Crippen molar-refractivity contribution in [2.45, 2.75) is 39.2 Å². The molecular formula is C28H31F2N5O4. The second kappa shape index (κ2) is 13.0. The van der Waals surface area contributed by atoms with Crippen LogP contribution >= 0.6 is 0 Å². The van der Waals surface area contributed by atoms with Gasteiger partial charge in [0.2, 0.25) is 5.91 Å². The topological polar surface area (TPSA) is 106 Å². The van der Waals surface area contributed by atoms with Gasteiger partial charge in [-0.3, -0.25) is 9.59 Å². The Morgan fingerprint density at radius 2 is 1.87 bits per heavy atom. The van der Waals surface area contributed by atoms with Crippen LogP contribution in [-0.2, 0) is 17.8 Å². The first-order valence-electron chi connectivity index (χ1n) is 12.8. The van der Waals surface area contributed by atoms with Crippen molar-refractivity contribution in [3.63, 3.8) is 0 Å². The molecule has 0 fully saturated rings. The summed E-state index contributed by atoms with van der Waals surface area (Å²) in [6.07, 6.45) is 2.88. The van der Waals surface area contributed by atoms with Crippen LogP contribution in [0.25, 0.3) is 0 Å². The van der Waals surface area contributed by atoms with Crippen LogP contribution in [-0.4, -0.2) is 48.5 Å². The normalized spacial score (nSPS) is 15.2. The van der Waals surface area contributed by atoms with Crippen molar-refractivity contribution >= 4 is 17.6 Å². The van der Waals surface area contributed by atoms with E-state index < -0.39 is 11.6 Å². The molecule has 2 aliphatic rings. The maximum Gasteiger partial charge on any atom is 0.251 e. The third kappa shape index (κ3) is 7.18. The number of rotatable bonds is 3. The van der Waals surface area contributed by atoms with E-state index in [0.29, 0.717) is 67.2 Å². The average molecular weight is 540 g/mol. The molecule has 11 heteroatoms. The van der Waals surface area contributed by atoms with Crippen LogP contribution in [0.4, 0.5) is 14.6 Å². The van der Waals surface area contributed by atoms with Crippen molar-refractivity contribution in [2.24, 2.45) is 0 Å². The van der Waals surface area contributed by atoms with Crippen molar-refractivity contribution in [1.29, 1.82) is 0 Å². The van der Waals surface area contributed by atoms with Crippen LogP contribution in [0.15, 0.2) is 42.7 Å². The predicted octanol–water partition coefficient (Wildman–Crippen LogP) is 4.15. The lowest BCUT2D eigenvalue weighted by atomic mass is 10.1. The number of hydrogen-bond donors (Lipinski definition) is 2.